The zero-order chi connectivity index (χ0) is 18.3. The van der Waals surface area contributed by atoms with Crippen LogP contribution in [0.1, 0.15) is 43.4 Å². The second-order valence-electron chi connectivity index (χ2n) is 7.33. The molecule has 26 heavy (non-hydrogen) atoms. The third kappa shape index (κ3) is 3.31. The molecule has 1 aromatic carbocycles. The first-order valence-corrected chi connectivity index (χ1v) is 11.7. The van der Waals surface area contributed by atoms with E-state index in [1.54, 1.807) is 4.90 Å². The molecule has 1 aromatic heterocycles. The van der Waals surface area contributed by atoms with Gasteiger partial charge in [0.2, 0.25) is 5.91 Å². The molecule has 0 atom stereocenters. The van der Waals surface area contributed by atoms with Crippen LogP contribution in [0.15, 0.2) is 22.7 Å². The van der Waals surface area contributed by atoms with Gasteiger partial charge in [0.1, 0.15) is 0 Å². The van der Waals surface area contributed by atoms with Gasteiger partial charge >= 0.3 is 0 Å². The molecule has 4 rings (SSSR count). The number of hydrogen-bond donors (Lipinski definition) is 1. The van der Waals surface area contributed by atoms with E-state index < -0.39 is 9.84 Å². The lowest BCUT2D eigenvalue weighted by Gasteiger charge is -2.27. The lowest BCUT2D eigenvalue weighted by Crippen LogP contribution is -2.37. The quantitative estimate of drug-likeness (QED) is 0.792. The van der Waals surface area contributed by atoms with Crippen LogP contribution in [-0.2, 0) is 27.6 Å². The second kappa shape index (κ2) is 7.00. The Morgan fingerprint density at radius 3 is 2.81 bits per heavy atom. The summed E-state index contributed by atoms with van der Waals surface area (Å²) in [6.45, 7) is 1.19. The Morgan fingerprint density at radius 2 is 2.04 bits per heavy atom. The number of carbonyl (C=O) groups excluding carboxylic acids is 1. The van der Waals surface area contributed by atoms with E-state index in [0.29, 0.717) is 13.1 Å². The fourth-order valence-electron chi connectivity index (χ4n) is 4.22. The molecule has 1 amide bonds. The number of halogens is 1. The molecule has 1 aliphatic heterocycles. The zero-order valence-electron chi connectivity index (χ0n) is 14.6. The molecule has 7 heteroatoms. The number of nitrogens with one attached hydrogen (secondary N) is 1. The molecule has 0 spiro atoms. The zero-order valence-corrected chi connectivity index (χ0v) is 17.0. The van der Waals surface area contributed by atoms with Crippen LogP contribution in [0.3, 0.4) is 0 Å². The number of H-pyrrole nitrogens is 1. The van der Waals surface area contributed by atoms with Gasteiger partial charge in [-0.25, -0.2) is 8.42 Å². The number of aromatic amines is 1. The van der Waals surface area contributed by atoms with Crippen molar-refractivity contribution >= 4 is 42.6 Å². The van der Waals surface area contributed by atoms with E-state index in [0.717, 1.165) is 53.0 Å². The van der Waals surface area contributed by atoms with Crippen molar-refractivity contribution in [1.29, 1.82) is 0 Å². The smallest absolute Gasteiger partial charge is 0.223 e. The summed E-state index contributed by atoms with van der Waals surface area (Å²) in [6, 6.07) is 6.06. The van der Waals surface area contributed by atoms with Crippen LogP contribution >= 0.6 is 15.9 Å². The van der Waals surface area contributed by atoms with E-state index in [-0.39, 0.29) is 23.3 Å². The number of nitrogens with zero attached hydrogens (tertiary/aromatic N) is 1. The fourth-order valence-corrected chi connectivity index (χ4v) is 6.53. The fraction of sp³-hybridized carbons (Fsp3) is 0.526. The average Bonchev–Trinajstić information content (AvgIpc) is 3.28. The maximum absolute atomic E-state index is 12.6. The molecule has 1 N–H and O–H groups in total. The molecule has 0 saturated heterocycles. The van der Waals surface area contributed by atoms with Crippen molar-refractivity contribution in [3.63, 3.8) is 0 Å². The van der Waals surface area contributed by atoms with Crippen molar-refractivity contribution < 1.29 is 13.2 Å². The third-order valence-corrected chi connectivity index (χ3v) is 8.64. The van der Waals surface area contributed by atoms with Crippen molar-refractivity contribution in [2.24, 2.45) is 0 Å². The second-order valence-corrected chi connectivity index (χ2v) is 10.6. The summed E-state index contributed by atoms with van der Waals surface area (Å²) >= 11 is 3.57. The number of benzene rings is 1. The van der Waals surface area contributed by atoms with Crippen LogP contribution in [0, 0.1) is 0 Å². The molecule has 1 fully saturated rings. The van der Waals surface area contributed by atoms with Gasteiger partial charge in [0, 0.05) is 47.0 Å². The van der Waals surface area contributed by atoms with Gasteiger partial charge in [-0.1, -0.05) is 25.0 Å². The number of carbonyl (C=O) groups is 1. The standard InChI is InChI=1S/C19H23BrN2O3S/c20-16-7-3-6-14-15-12-22(10-8-17(15)21-19(14)16)18(23)9-11-26(24,25)13-4-1-2-5-13/h3,6-7,13,21H,1-2,4-5,8-12H2. The summed E-state index contributed by atoms with van der Waals surface area (Å²) in [5.74, 6) is -0.0687. The van der Waals surface area contributed by atoms with Crippen LogP contribution in [0.25, 0.3) is 10.9 Å². The number of para-hydroxylation sites is 1. The normalized spacial score (nSPS) is 18.4. The highest BCUT2D eigenvalue weighted by atomic mass is 79.9. The molecule has 2 heterocycles. The molecular weight excluding hydrogens is 416 g/mol. The van der Waals surface area contributed by atoms with Crippen LogP contribution in [0.4, 0.5) is 0 Å². The van der Waals surface area contributed by atoms with E-state index in [1.165, 1.54) is 5.69 Å². The Bertz CT molecular complexity index is 945. The summed E-state index contributed by atoms with van der Waals surface area (Å²) in [6.07, 6.45) is 4.37. The number of amides is 1. The van der Waals surface area contributed by atoms with Gasteiger partial charge in [-0.2, -0.15) is 0 Å². The molecule has 1 aliphatic carbocycles. The molecule has 2 aliphatic rings. The summed E-state index contributed by atoms with van der Waals surface area (Å²) in [4.78, 5) is 17.9. The summed E-state index contributed by atoms with van der Waals surface area (Å²) in [5, 5.41) is 0.902. The monoisotopic (exact) mass is 438 g/mol. The van der Waals surface area contributed by atoms with E-state index >= 15 is 0 Å². The molecule has 0 bridgehead atoms. The lowest BCUT2D eigenvalue weighted by molar-refractivity contribution is -0.131. The minimum absolute atomic E-state index is 0.0146. The summed E-state index contributed by atoms with van der Waals surface area (Å²) < 4.78 is 25.8. The molecule has 2 aromatic rings. The Hall–Kier alpha value is -1.34. The first-order valence-electron chi connectivity index (χ1n) is 9.23. The van der Waals surface area contributed by atoms with Gasteiger partial charge < -0.3 is 9.88 Å². The molecule has 1 saturated carbocycles. The molecular formula is C19H23BrN2O3S. The van der Waals surface area contributed by atoms with Crippen molar-refractivity contribution in [2.45, 2.75) is 50.3 Å². The van der Waals surface area contributed by atoms with Gasteiger partial charge in [-0.3, -0.25) is 4.79 Å². The predicted molar refractivity (Wildman–Crippen MR) is 106 cm³/mol. The largest absolute Gasteiger partial charge is 0.357 e. The third-order valence-electron chi connectivity index (χ3n) is 5.72. The molecule has 140 valence electrons. The van der Waals surface area contributed by atoms with Crippen molar-refractivity contribution in [3.05, 3.63) is 33.9 Å². The Labute approximate surface area is 162 Å². The number of fused-ring (bicyclic) bond motifs is 3. The summed E-state index contributed by atoms with van der Waals surface area (Å²) in [7, 11) is -3.14. The molecule has 0 unspecified atom stereocenters. The van der Waals surface area contributed by atoms with Gasteiger partial charge in [0.25, 0.3) is 0 Å². The maximum atomic E-state index is 12.6. The number of rotatable bonds is 4. The Kier molecular flexibility index (Phi) is 4.86. The highest BCUT2D eigenvalue weighted by Gasteiger charge is 2.30. The SMILES string of the molecule is O=C(CCS(=O)(=O)C1CCCC1)N1CCc2[nH]c3c(Br)cccc3c2C1. The van der Waals surface area contributed by atoms with E-state index in [9.17, 15) is 13.2 Å². The van der Waals surface area contributed by atoms with Crippen LogP contribution in [-0.4, -0.2) is 41.8 Å². The topological polar surface area (TPSA) is 70.2 Å². The van der Waals surface area contributed by atoms with Crippen LogP contribution < -0.4 is 0 Å². The average molecular weight is 439 g/mol. The lowest BCUT2D eigenvalue weighted by atomic mass is 10.0. The van der Waals surface area contributed by atoms with Crippen molar-refractivity contribution in [3.8, 4) is 0 Å². The Morgan fingerprint density at radius 1 is 1.27 bits per heavy atom. The number of aromatic nitrogens is 1. The van der Waals surface area contributed by atoms with Crippen LogP contribution in [0.5, 0.6) is 0 Å². The highest BCUT2D eigenvalue weighted by molar-refractivity contribution is 9.10. The first-order chi connectivity index (χ1) is 12.5. The van der Waals surface area contributed by atoms with Gasteiger partial charge in [-0.05, 0) is 34.8 Å². The van der Waals surface area contributed by atoms with Gasteiger partial charge in [0.15, 0.2) is 9.84 Å². The van der Waals surface area contributed by atoms with Crippen LogP contribution in [0.2, 0.25) is 0 Å². The minimum atomic E-state index is -3.14. The number of hydrogen-bond acceptors (Lipinski definition) is 3. The molecule has 0 radical (unpaired) electrons. The first kappa shape index (κ1) is 18.0. The predicted octanol–water partition coefficient (Wildman–Crippen LogP) is 3.56. The Balaban J connectivity index is 1.46. The van der Waals surface area contributed by atoms with Crippen molar-refractivity contribution in [1.82, 2.24) is 9.88 Å². The van der Waals surface area contributed by atoms with Crippen molar-refractivity contribution in [2.75, 3.05) is 12.3 Å². The maximum Gasteiger partial charge on any atom is 0.223 e. The van der Waals surface area contributed by atoms with E-state index in [1.807, 2.05) is 12.1 Å². The van der Waals surface area contributed by atoms with E-state index in [4.69, 9.17) is 0 Å². The van der Waals surface area contributed by atoms with Gasteiger partial charge in [-0.15, -0.1) is 0 Å². The van der Waals surface area contributed by atoms with Gasteiger partial charge in [0.05, 0.1) is 16.5 Å². The highest BCUT2D eigenvalue weighted by Crippen LogP contribution is 2.32. The molecule has 5 nitrogen and oxygen atoms in total. The minimum Gasteiger partial charge on any atom is -0.357 e. The van der Waals surface area contributed by atoms with E-state index in [2.05, 4.69) is 27.0 Å². The summed E-state index contributed by atoms with van der Waals surface area (Å²) in [5.41, 5.74) is 3.39. The number of sulfone groups is 1.